The maximum absolute atomic E-state index is 12.5. The van der Waals surface area contributed by atoms with Crippen LogP contribution in [0.1, 0.15) is 20.7 Å². The zero-order valence-electron chi connectivity index (χ0n) is 21.5. The second kappa shape index (κ2) is 12.7. The van der Waals surface area contributed by atoms with Crippen LogP contribution in [0.25, 0.3) is 0 Å². The summed E-state index contributed by atoms with van der Waals surface area (Å²) in [6.45, 7) is -0.229. The topological polar surface area (TPSA) is 126 Å². The quantitative estimate of drug-likeness (QED) is 0.459. The van der Waals surface area contributed by atoms with E-state index in [4.69, 9.17) is 47.4 Å². The Morgan fingerprint density at radius 1 is 0.500 bits per heavy atom. The summed E-state index contributed by atoms with van der Waals surface area (Å²) in [4.78, 5) is 24.9. The molecule has 12 heteroatoms. The van der Waals surface area contributed by atoms with Crippen molar-refractivity contribution in [3.8, 4) is 0 Å². The lowest BCUT2D eigenvalue weighted by Crippen LogP contribution is -2.67. The van der Waals surface area contributed by atoms with Gasteiger partial charge in [-0.15, -0.1) is 0 Å². The minimum Gasteiger partial charge on any atom is -0.459 e. The van der Waals surface area contributed by atoms with Gasteiger partial charge in [-0.3, -0.25) is 0 Å². The molecule has 6 rings (SSSR count). The zero-order chi connectivity index (χ0) is 27.3. The fourth-order valence-electron chi connectivity index (χ4n) is 5.24. The number of rotatable bonds is 7. The van der Waals surface area contributed by atoms with Crippen LogP contribution < -0.4 is 0 Å². The van der Waals surface area contributed by atoms with Crippen LogP contribution in [0.5, 0.6) is 0 Å². The molecule has 0 amide bonds. The molecule has 0 spiro atoms. The highest BCUT2D eigenvalue weighted by molar-refractivity contribution is 5.89. The second-order valence-corrected chi connectivity index (χ2v) is 9.60. The van der Waals surface area contributed by atoms with Gasteiger partial charge in [-0.1, -0.05) is 36.4 Å². The Kier molecular flexibility index (Phi) is 8.65. The van der Waals surface area contributed by atoms with Crippen LogP contribution in [0, 0.1) is 0 Å². The average molecular weight is 559 g/mol. The third-order valence-electron chi connectivity index (χ3n) is 7.26. The molecular formula is C28H30O12. The van der Waals surface area contributed by atoms with E-state index < -0.39 is 60.8 Å². The molecule has 0 N–H and O–H groups in total. The number of carbonyl (C=O) groups is 2. The maximum atomic E-state index is 12.5. The van der Waals surface area contributed by atoms with E-state index in [2.05, 4.69) is 0 Å². The molecule has 12 nitrogen and oxygen atoms in total. The summed E-state index contributed by atoms with van der Waals surface area (Å²) >= 11 is 0. The third-order valence-corrected chi connectivity index (χ3v) is 7.26. The zero-order valence-corrected chi connectivity index (χ0v) is 21.5. The summed E-state index contributed by atoms with van der Waals surface area (Å²) < 4.78 is 57.9. The number of esters is 2. The van der Waals surface area contributed by atoms with Crippen LogP contribution in [0.4, 0.5) is 0 Å². The Labute approximate surface area is 230 Å². The van der Waals surface area contributed by atoms with E-state index >= 15 is 0 Å². The minimum absolute atomic E-state index is 0.0230. The Morgan fingerprint density at radius 3 is 1.23 bits per heavy atom. The number of ether oxygens (including phenoxy) is 10. The van der Waals surface area contributed by atoms with Gasteiger partial charge < -0.3 is 47.4 Å². The summed E-state index contributed by atoms with van der Waals surface area (Å²) in [5.74, 6) is -0.915. The largest absolute Gasteiger partial charge is 0.459 e. The lowest BCUT2D eigenvalue weighted by atomic mass is 9.90. The van der Waals surface area contributed by atoms with Crippen molar-refractivity contribution >= 4 is 11.9 Å². The predicted molar refractivity (Wildman–Crippen MR) is 132 cm³/mol. The molecule has 4 heterocycles. The summed E-state index contributed by atoms with van der Waals surface area (Å²) in [5.41, 5.74) is 0.887. The first-order chi connectivity index (χ1) is 19.7. The van der Waals surface area contributed by atoms with E-state index in [1.807, 2.05) is 12.1 Å². The Bertz CT molecular complexity index is 1040. The molecule has 0 bridgehead atoms. The predicted octanol–water partition coefficient (Wildman–Crippen LogP) is 1.67. The molecule has 2 aromatic carbocycles. The average Bonchev–Trinajstić information content (AvgIpc) is 3.02. The highest BCUT2D eigenvalue weighted by atomic mass is 16.8. The maximum Gasteiger partial charge on any atom is 0.338 e. The van der Waals surface area contributed by atoms with Gasteiger partial charge in [-0.05, 0) is 24.3 Å². The number of carbonyl (C=O) groups excluding carboxylic acids is 2. The van der Waals surface area contributed by atoms with Crippen LogP contribution in [-0.2, 0) is 47.4 Å². The highest BCUT2D eigenvalue weighted by Crippen LogP contribution is 2.35. The van der Waals surface area contributed by atoms with Gasteiger partial charge in [-0.2, -0.15) is 0 Å². The molecular weight excluding hydrogens is 528 g/mol. The first kappa shape index (κ1) is 27.2. The lowest BCUT2D eigenvalue weighted by molar-refractivity contribution is -0.376. The van der Waals surface area contributed by atoms with E-state index in [-0.39, 0.29) is 40.4 Å². The molecule has 2 aromatic rings. The first-order valence-corrected chi connectivity index (χ1v) is 13.1. The van der Waals surface area contributed by atoms with Gasteiger partial charge in [0.2, 0.25) is 0 Å². The van der Waals surface area contributed by atoms with Crippen LogP contribution in [-0.4, -0.2) is 101 Å². The molecule has 4 fully saturated rings. The molecule has 4 aliphatic heterocycles. The lowest BCUT2D eigenvalue weighted by Gasteiger charge is -2.50. The van der Waals surface area contributed by atoms with Gasteiger partial charge in [0.05, 0.1) is 11.1 Å². The molecule has 0 saturated carbocycles. The molecule has 0 aliphatic carbocycles. The second-order valence-electron chi connectivity index (χ2n) is 9.60. The SMILES string of the molecule is O=C(OC[C@H]1OCO[C@@H]2[C@@H]([C@H]3OCO[C@H]4[C@@H]3OCO[C@@H]4COC(=O)c3ccccc3)OCO[C@@H]21)c1ccccc1. The van der Waals surface area contributed by atoms with Crippen LogP contribution in [0.15, 0.2) is 60.7 Å². The Balaban J connectivity index is 1.09. The van der Waals surface area contributed by atoms with E-state index in [9.17, 15) is 9.59 Å². The summed E-state index contributed by atoms with van der Waals surface area (Å²) in [6, 6.07) is 17.4. The fourth-order valence-corrected chi connectivity index (χ4v) is 5.24. The number of hydrogen-bond donors (Lipinski definition) is 0. The van der Waals surface area contributed by atoms with E-state index in [1.165, 1.54) is 0 Å². The highest BCUT2D eigenvalue weighted by Gasteiger charge is 2.54. The standard InChI is InChI=1S/C28H30O12/c29-27(17-7-3-1-4-8-17)31-11-19-21-23(37-13-33-19)25(39-15-35-21)26-24-22(36-16-40-26)20(34-14-38-24)12-32-28(30)18-9-5-2-6-10-18/h1-10,19-26H,11-16H2/t19-,20-,21-,22-,23+,24+,25+,26+/m1/s1. The molecule has 4 saturated heterocycles. The van der Waals surface area contributed by atoms with Gasteiger partial charge in [0.1, 0.15) is 89.2 Å². The number of hydrogen-bond acceptors (Lipinski definition) is 12. The van der Waals surface area contributed by atoms with Gasteiger partial charge >= 0.3 is 11.9 Å². The summed E-state index contributed by atoms with van der Waals surface area (Å²) in [5, 5.41) is 0. The van der Waals surface area contributed by atoms with Crippen molar-refractivity contribution in [1.29, 1.82) is 0 Å². The van der Waals surface area contributed by atoms with Gasteiger partial charge in [0.15, 0.2) is 0 Å². The molecule has 4 aliphatic rings. The van der Waals surface area contributed by atoms with Crippen molar-refractivity contribution < 1.29 is 57.0 Å². The van der Waals surface area contributed by atoms with Crippen molar-refractivity contribution in [2.24, 2.45) is 0 Å². The van der Waals surface area contributed by atoms with Crippen LogP contribution in [0.2, 0.25) is 0 Å². The molecule has 40 heavy (non-hydrogen) atoms. The van der Waals surface area contributed by atoms with Crippen molar-refractivity contribution in [1.82, 2.24) is 0 Å². The van der Waals surface area contributed by atoms with E-state index in [1.54, 1.807) is 48.5 Å². The van der Waals surface area contributed by atoms with Crippen LogP contribution >= 0.6 is 0 Å². The number of fused-ring (bicyclic) bond motifs is 2. The van der Waals surface area contributed by atoms with Gasteiger partial charge in [-0.25, -0.2) is 9.59 Å². The minimum atomic E-state index is -0.600. The fraction of sp³-hybridized carbons (Fsp3) is 0.500. The normalized spacial score (nSPS) is 33.7. The molecule has 8 atom stereocenters. The van der Waals surface area contributed by atoms with E-state index in [0.717, 1.165) is 0 Å². The van der Waals surface area contributed by atoms with Gasteiger partial charge in [0.25, 0.3) is 0 Å². The van der Waals surface area contributed by atoms with Crippen molar-refractivity contribution in [3.05, 3.63) is 71.8 Å². The first-order valence-electron chi connectivity index (χ1n) is 13.1. The molecule has 0 unspecified atom stereocenters. The Morgan fingerprint density at radius 2 is 0.825 bits per heavy atom. The van der Waals surface area contributed by atoms with Crippen LogP contribution in [0.3, 0.4) is 0 Å². The number of benzene rings is 2. The van der Waals surface area contributed by atoms with Gasteiger partial charge in [0, 0.05) is 0 Å². The Hall–Kier alpha value is -2.94. The van der Waals surface area contributed by atoms with E-state index in [0.29, 0.717) is 11.1 Å². The monoisotopic (exact) mass is 558 g/mol. The third kappa shape index (κ3) is 5.90. The molecule has 214 valence electrons. The summed E-state index contributed by atoms with van der Waals surface area (Å²) in [6.07, 6.45) is -4.69. The van der Waals surface area contributed by atoms with Crippen molar-refractivity contribution in [2.45, 2.75) is 48.8 Å². The summed E-state index contributed by atoms with van der Waals surface area (Å²) in [7, 11) is 0. The molecule has 0 aromatic heterocycles. The van der Waals surface area contributed by atoms with Crippen molar-refractivity contribution in [2.75, 3.05) is 40.4 Å². The molecule has 0 radical (unpaired) electrons. The van der Waals surface area contributed by atoms with Crippen molar-refractivity contribution in [3.63, 3.8) is 0 Å². The smallest absolute Gasteiger partial charge is 0.338 e.